The van der Waals surface area contributed by atoms with Crippen LogP contribution in [-0.2, 0) is 4.79 Å². The van der Waals surface area contributed by atoms with Gasteiger partial charge in [0.1, 0.15) is 0 Å². The maximum Gasteiger partial charge on any atom is 0.250 e. The van der Waals surface area contributed by atoms with Crippen LogP contribution in [0.2, 0.25) is 0 Å². The van der Waals surface area contributed by atoms with Gasteiger partial charge in [-0.1, -0.05) is 0 Å². The molecule has 0 aromatic rings. The highest BCUT2D eigenvalue weighted by molar-refractivity contribution is 5.80. The van der Waals surface area contributed by atoms with E-state index in [9.17, 15) is 4.79 Å². The van der Waals surface area contributed by atoms with Crippen molar-refractivity contribution >= 4 is 5.91 Å². The fourth-order valence-electron chi connectivity index (χ4n) is 1.71. The van der Waals surface area contributed by atoms with Gasteiger partial charge in [0.2, 0.25) is 0 Å². The van der Waals surface area contributed by atoms with E-state index in [4.69, 9.17) is 5.84 Å². The second kappa shape index (κ2) is 4.72. The Bertz CT molecular complexity index is 209. The summed E-state index contributed by atoms with van der Waals surface area (Å²) in [6, 6.07) is 0.368. The third-order valence-corrected chi connectivity index (χ3v) is 3.06. The minimum atomic E-state index is -0.129. The largest absolute Gasteiger partial charge is 0.301 e. The molecule has 82 valence electrons. The quantitative estimate of drug-likeness (QED) is 0.341. The lowest BCUT2D eigenvalue weighted by molar-refractivity contribution is -0.126. The predicted molar refractivity (Wildman–Crippen MR) is 55.5 cm³/mol. The second-order valence-corrected chi connectivity index (χ2v) is 4.01. The van der Waals surface area contributed by atoms with Crippen LogP contribution in [0, 0.1) is 0 Å². The molecule has 5 nitrogen and oxygen atoms in total. The van der Waals surface area contributed by atoms with Crippen LogP contribution >= 0.6 is 0 Å². The summed E-state index contributed by atoms with van der Waals surface area (Å²) in [4.78, 5) is 15.8. The number of amides is 1. The molecule has 0 bridgehead atoms. The summed E-state index contributed by atoms with van der Waals surface area (Å²) < 4.78 is 0. The van der Waals surface area contributed by atoms with Crippen molar-refractivity contribution in [1.82, 2.24) is 15.2 Å². The lowest BCUT2D eigenvalue weighted by Crippen LogP contribution is -2.56. The molecule has 0 radical (unpaired) electrons. The zero-order valence-electron chi connectivity index (χ0n) is 9.16. The van der Waals surface area contributed by atoms with E-state index in [1.54, 1.807) is 0 Å². The number of carbonyl (C=O) groups is 1. The van der Waals surface area contributed by atoms with Gasteiger partial charge in [-0.15, -0.1) is 0 Å². The van der Waals surface area contributed by atoms with Gasteiger partial charge in [0, 0.05) is 25.7 Å². The second-order valence-electron chi connectivity index (χ2n) is 4.01. The van der Waals surface area contributed by atoms with Crippen LogP contribution in [0.5, 0.6) is 0 Å². The summed E-state index contributed by atoms with van der Waals surface area (Å²) in [7, 11) is 2.11. The molecule has 5 heteroatoms. The molecular formula is C9H20N4O. The van der Waals surface area contributed by atoms with E-state index in [-0.39, 0.29) is 11.9 Å². The maximum absolute atomic E-state index is 11.3. The van der Waals surface area contributed by atoms with Crippen molar-refractivity contribution in [2.24, 2.45) is 5.84 Å². The van der Waals surface area contributed by atoms with Crippen LogP contribution in [0.15, 0.2) is 0 Å². The van der Waals surface area contributed by atoms with Gasteiger partial charge in [0.15, 0.2) is 0 Å². The number of nitrogens with zero attached hydrogens (tertiary/aromatic N) is 2. The number of piperazine rings is 1. The van der Waals surface area contributed by atoms with E-state index in [1.165, 1.54) is 0 Å². The highest BCUT2D eigenvalue weighted by atomic mass is 16.2. The Balaban J connectivity index is 2.50. The van der Waals surface area contributed by atoms with Crippen LogP contribution in [-0.4, -0.2) is 54.5 Å². The predicted octanol–water partition coefficient (Wildman–Crippen LogP) is -0.999. The molecule has 1 aliphatic heterocycles. The van der Waals surface area contributed by atoms with Crippen LogP contribution in [0.25, 0.3) is 0 Å². The van der Waals surface area contributed by atoms with Crippen molar-refractivity contribution < 1.29 is 4.79 Å². The van der Waals surface area contributed by atoms with Crippen LogP contribution in [0.3, 0.4) is 0 Å². The highest BCUT2D eigenvalue weighted by Gasteiger charge is 2.27. The third-order valence-electron chi connectivity index (χ3n) is 3.06. The normalized spacial score (nSPS) is 27.3. The zero-order chi connectivity index (χ0) is 10.7. The maximum atomic E-state index is 11.3. The smallest absolute Gasteiger partial charge is 0.250 e. The van der Waals surface area contributed by atoms with Crippen molar-refractivity contribution in [2.75, 3.05) is 26.7 Å². The molecule has 1 fully saturated rings. The van der Waals surface area contributed by atoms with Gasteiger partial charge in [-0.05, 0) is 20.9 Å². The number of carbonyl (C=O) groups excluding carboxylic acids is 1. The molecule has 2 atom stereocenters. The SMILES string of the molecule is CC1CN(C(C)C(=O)NN)CCN1C. The Morgan fingerprint density at radius 3 is 2.71 bits per heavy atom. The van der Waals surface area contributed by atoms with E-state index >= 15 is 0 Å². The lowest BCUT2D eigenvalue weighted by Gasteiger charge is -2.39. The molecule has 1 rings (SSSR count). The van der Waals surface area contributed by atoms with Gasteiger partial charge in [-0.2, -0.15) is 0 Å². The monoisotopic (exact) mass is 200 g/mol. The van der Waals surface area contributed by atoms with Crippen molar-refractivity contribution in [3.63, 3.8) is 0 Å². The molecular weight excluding hydrogens is 180 g/mol. The van der Waals surface area contributed by atoms with E-state index in [0.717, 1.165) is 19.6 Å². The van der Waals surface area contributed by atoms with E-state index < -0.39 is 0 Å². The zero-order valence-corrected chi connectivity index (χ0v) is 9.16. The number of nitrogens with two attached hydrogens (primary N) is 1. The Hall–Kier alpha value is -0.650. The Morgan fingerprint density at radius 2 is 2.21 bits per heavy atom. The number of hydrogen-bond donors (Lipinski definition) is 2. The van der Waals surface area contributed by atoms with Crippen molar-refractivity contribution in [1.29, 1.82) is 0 Å². The Kier molecular flexibility index (Phi) is 3.86. The third kappa shape index (κ3) is 2.43. The van der Waals surface area contributed by atoms with Gasteiger partial charge in [-0.3, -0.25) is 15.1 Å². The first-order valence-electron chi connectivity index (χ1n) is 5.01. The molecule has 0 spiro atoms. The van der Waals surface area contributed by atoms with Crippen LogP contribution in [0.1, 0.15) is 13.8 Å². The molecule has 14 heavy (non-hydrogen) atoms. The van der Waals surface area contributed by atoms with Gasteiger partial charge in [0.05, 0.1) is 6.04 Å². The number of hydrazine groups is 1. The topological polar surface area (TPSA) is 61.6 Å². The average Bonchev–Trinajstić information content (AvgIpc) is 2.20. The molecule has 1 aliphatic rings. The van der Waals surface area contributed by atoms with E-state index in [2.05, 4.69) is 29.2 Å². The average molecular weight is 200 g/mol. The Morgan fingerprint density at radius 1 is 1.57 bits per heavy atom. The minimum absolute atomic E-state index is 0.109. The van der Waals surface area contributed by atoms with Gasteiger partial charge < -0.3 is 4.90 Å². The number of rotatable bonds is 2. The summed E-state index contributed by atoms with van der Waals surface area (Å²) in [5.74, 6) is 5.00. The summed E-state index contributed by atoms with van der Waals surface area (Å²) >= 11 is 0. The number of likely N-dealkylation sites (N-methyl/N-ethyl adjacent to an activating group) is 1. The van der Waals surface area contributed by atoms with Gasteiger partial charge in [-0.25, -0.2) is 5.84 Å². The molecule has 0 aromatic carbocycles. The van der Waals surface area contributed by atoms with Crippen molar-refractivity contribution in [3.8, 4) is 0 Å². The fourth-order valence-corrected chi connectivity index (χ4v) is 1.71. The Labute approximate surface area is 85.2 Å². The minimum Gasteiger partial charge on any atom is -0.301 e. The standard InChI is InChI=1S/C9H20N4O/c1-7-6-13(5-4-12(7)3)8(2)9(14)11-10/h7-8H,4-6,10H2,1-3H3,(H,11,14). The molecule has 0 aromatic heterocycles. The highest BCUT2D eigenvalue weighted by Crippen LogP contribution is 2.10. The first-order valence-corrected chi connectivity index (χ1v) is 5.01. The molecule has 0 aliphatic carbocycles. The molecule has 1 heterocycles. The van der Waals surface area contributed by atoms with Gasteiger partial charge in [0.25, 0.3) is 5.91 Å². The van der Waals surface area contributed by atoms with Crippen molar-refractivity contribution in [2.45, 2.75) is 25.9 Å². The molecule has 0 saturated carbocycles. The first-order chi connectivity index (χ1) is 6.56. The molecule has 1 amide bonds. The first kappa shape index (κ1) is 11.4. The summed E-state index contributed by atoms with van der Waals surface area (Å²) in [5.41, 5.74) is 2.19. The fraction of sp³-hybridized carbons (Fsp3) is 0.889. The lowest BCUT2D eigenvalue weighted by atomic mass is 10.1. The molecule has 3 N–H and O–H groups in total. The summed E-state index contributed by atoms with van der Waals surface area (Å²) in [6.07, 6.45) is 0. The van der Waals surface area contributed by atoms with Gasteiger partial charge >= 0.3 is 0 Å². The number of nitrogens with one attached hydrogen (secondary N) is 1. The number of hydrogen-bond acceptors (Lipinski definition) is 4. The van der Waals surface area contributed by atoms with Crippen LogP contribution < -0.4 is 11.3 Å². The summed E-state index contributed by atoms with van der Waals surface area (Å²) in [6.45, 7) is 6.91. The molecule has 2 unspecified atom stereocenters. The molecule has 1 saturated heterocycles. The van der Waals surface area contributed by atoms with Crippen molar-refractivity contribution in [3.05, 3.63) is 0 Å². The van der Waals surface area contributed by atoms with E-state index in [0.29, 0.717) is 6.04 Å². The summed E-state index contributed by atoms with van der Waals surface area (Å²) in [5, 5.41) is 0. The van der Waals surface area contributed by atoms with Crippen LogP contribution in [0.4, 0.5) is 0 Å². The van der Waals surface area contributed by atoms with E-state index in [1.807, 2.05) is 6.92 Å².